The van der Waals surface area contributed by atoms with Gasteiger partial charge in [-0.25, -0.2) is 0 Å². The molecule has 1 amide bonds. The van der Waals surface area contributed by atoms with Gasteiger partial charge in [0.1, 0.15) is 5.56 Å². The Hall–Kier alpha value is -2.07. The van der Waals surface area contributed by atoms with Crippen LogP contribution in [-0.2, 0) is 6.54 Å². The number of carbonyl (C=O) groups excluding carboxylic acids is 1. The van der Waals surface area contributed by atoms with Gasteiger partial charge in [0, 0.05) is 36.6 Å². The van der Waals surface area contributed by atoms with E-state index in [0.717, 1.165) is 11.3 Å². The van der Waals surface area contributed by atoms with Crippen LogP contribution >= 0.6 is 11.6 Å². The van der Waals surface area contributed by atoms with E-state index < -0.39 is 0 Å². The Bertz CT molecular complexity index is 694. The predicted octanol–water partition coefficient (Wildman–Crippen LogP) is 2.61. The lowest BCUT2D eigenvalue weighted by molar-refractivity contribution is 0.0783. The summed E-state index contributed by atoms with van der Waals surface area (Å²) in [6, 6.07) is 8.73. The van der Waals surface area contributed by atoms with Crippen molar-refractivity contribution in [3.8, 4) is 0 Å². The molecule has 0 radical (unpaired) electrons. The second-order valence-corrected chi connectivity index (χ2v) is 5.05. The van der Waals surface area contributed by atoms with Gasteiger partial charge in [0.05, 0.1) is 0 Å². The standard InChI is InChI=1S/C15H15ClN2O2/c1-10-7-14(19)12(8-17-10)15(20)18(2)9-11-5-3-4-6-13(11)16/h3-8H,9H2,1-2H3,(H,17,19). The second kappa shape index (κ2) is 5.92. The van der Waals surface area contributed by atoms with Crippen LogP contribution in [0.1, 0.15) is 21.6 Å². The molecule has 104 valence electrons. The number of nitrogens with zero attached hydrogens (tertiary/aromatic N) is 1. The minimum atomic E-state index is -0.328. The Balaban J connectivity index is 2.21. The summed E-state index contributed by atoms with van der Waals surface area (Å²) in [7, 11) is 1.64. The van der Waals surface area contributed by atoms with Gasteiger partial charge in [-0.05, 0) is 18.6 Å². The SMILES string of the molecule is Cc1cc(=O)c(C(=O)N(C)Cc2ccccc2Cl)c[nH]1. The minimum absolute atomic E-state index is 0.130. The third-order valence-corrected chi connectivity index (χ3v) is 3.37. The summed E-state index contributed by atoms with van der Waals surface area (Å²) in [6.45, 7) is 2.12. The molecule has 0 atom stereocenters. The fourth-order valence-electron chi connectivity index (χ4n) is 1.90. The smallest absolute Gasteiger partial charge is 0.259 e. The van der Waals surface area contributed by atoms with Crippen LogP contribution in [0.3, 0.4) is 0 Å². The van der Waals surface area contributed by atoms with Crippen molar-refractivity contribution in [2.45, 2.75) is 13.5 Å². The number of rotatable bonds is 3. The van der Waals surface area contributed by atoms with Crippen molar-refractivity contribution < 1.29 is 4.79 Å². The van der Waals surface area contributed by atoms with E-state index in [1.165, 1.54) is 17.2 Å². The molecule has 0 bridgehead atoms. The van der Waals surface area contributed by atoms with E-state index >= 15 is 0 Å². The fourth-order valence-corrected chi connectivity index (χ4v) is 2.10. The Morgan fingerprint density at radius 2 is 2.05 bits per heavy atom. The Labute approximate surface area is 122 Å². The van der Waals surface area contributed by atoms with Gasteiger partial charge in [0.25, 0.3) is 5.91 Å². The van der Waals surface area contributed by atoms with Crippen LogP contribution in [0.25, 0.3) is 0 Å². The lowest BCUT2D eigenvalue weighted by Crippen LogP contribution is -2.30. The van der Waals surface area contributed by atoms with Gasteiger partial charge >= 0.3 is 0 Å². The highest BCUT2D eigenvalue weighted by Crippen LogP contribution is 2.17. The van der Waals surface area contributed by atoms with Gasteiger partial charge in [-0.1, -0.05) is 29.8 Å². The quantitative estimate of drug-likeness (QED) is 0.945. The number of halogens is 1. The Kier molecular flexibility index (Phi) is 4.25. The number of benzene rings is 1. The van der Waals surface area contributed by atoms with Gasteiger partial charge in [-0.3, -0.25) is 9.59 Å². The van der Waals surface area contributed by atoms with Gasteiger partial charge < -0.3 is 9.88 Å². The molecule has 1 aromatic heterocycles. The molecule has 2 aromatic rings. The number of hydrogen-bond acceptors (Lipinski definition) is 2. The molecular weight excluding hydrogens is 276 g/mol. The summed E-state index contributed by atoms with van der Waals surface area (Å²) >= 11 is 6.07. The number of H-pyrrole nitrogens is 1. The molecule has 1 aromatic carbocycles. The van der Waals surface area contributed by atoms with E-state index in [4.69, 9.17) is 11.6 Å². The summed E-state index contributed by atoms with van der Waals surface area (Å²) in [5.41, 5.74) is 1.41. The Morgan fingerprint density at radius 1 is 1.35 bits per heavy atom. The molecule has 5 heteroatoms. The number of amides is 1. The fraction of sp³-hybridized carbons (Fsp3) is 0.200. The average Bonchev–Trinajstić information content (AvgIpc) is 2.40. The number of aromatic nitrogens is 1. The van der Waals surface area contributed by atoms with Crippen LogP contribution in [0.15, 0.2) is 41.3 Å². The van der Waals surface area contributed by atoms with Crippen molar-refractivity contribution in [3.63, 3.8) is 0 Å². The zero-order valence-corrected chi connectivity index (χ0v) is 12.1. The summed E-state index contributed by atoms with van der Waals surface area (Å²) in [5, 5.41) is 0.602. The first-order valence-corrected chi connectivity index (χ1v) is 6.55. The van der Waals surface area contributed by atoms with Crippen molar-refractivity contribution in [3.05, 3.63) is 68.6 Å². The number of nitrogens with one attached hydrogen (secondary N) is 1. The molecule has 1 N–H and O–H groups in total. The first-order valence-electron chi connectivity index (χ1n) is 6.17. The Morgan fingerprint density at radius 3 is 2.70 bits per heavy atom. The summed E-state index contributed by atoms with van der Waals surface area (Å²) in [5.74, 6) is -0.328. The van der Waals surface area contributed by atoms with E-state index in [0.29, 0.717) is 11.6 Å². The predicted molar refractivity (Wildman–Crippen MR) is 79.0 cm³/mol. The van der Waals surface area contributed by atoms with Crippen molar-refractivity contribution in [2.24, 2.45) is 0 Å². The molecule has 0 aliphatic carbocycles. The van der Waals surface area contributed by atoms with Crippen molar-refractivity contribution >= 4 is 17.5 Å². The largest absolute Gasteiger partial charge is 0.364 e. The summed E-state index contributed by atoms with van der Waals surface area (Å²) < 4.78 is 0. The molecule has 0 aliphatic rings. The van der Waals surface area contributed by atoms with Gasteiger partial charge in [-0.2, -0.15) is 0 Å². The van der Waals surface area contributed by atoms with E-state index in [1.807, 2.05) is 18.2 Å². The second-order valence-electron chi connectivity index (χ2n) is 4.65. The van der Waals surface area contributed by atoms with Crippen LogP contribution < -0.4 is 5.43 Å². The lowest BCUT2D eigenvalue weighted by atomic mass is 10.2. The molecule has 0 aliphatic heterocycles. The van der Waals surface area contributed by atoms with E-state index in [2.05, 4.69) is 4.98 Å². The maximum atomic E-state index is 12.3. The van der Waals surface area contributed by atoms with Crippen LogP contribution in [0.4, 0.5) is 0 Å². The third-order valence-electron chi connectivity index (χ3n) is 3.00. The molecule has 0 saturated carbocycles. The van der Waals surface area contributed by atoms with Crippen LogP contribution in [0, 0.1) is 6.92 Å². The third kappa shape index (κ3) is 3.08. The van der Waals surface area contributed by atoms with Crippen LogP contribution in [0.2, 0.25) is 5.02 Å². The lowest BCUT2D eigenvalue weighted by Gasteiger charge is -2.17. The monoisotopic (exact) mass is 290 g/mol. The van der Waals surface area contributed by atoms with E-state index in [-0.39, 0.29) is 16.9 Å². The van der Waals surface area contributed by atoms with E-state index in [9.17, 15) is 9.59 Å². The van der Waals surface area contributed by atoms with Crippen molar-refractivity contribution in [1.29, 1.82) is 0 Å². The number of carbonyl (C=O) groups is 1. The minimum Gasteiger partial charge on any atom is -0.364 e. The maximum Gasteiger partial charge on any atom is 0.259 e. The highest BCUT2D eigenvalue weighted by Gasteiger charge is 2.16. The molecule has 0 saturated heterocycles. The average molecular weight is 291 g/mol. The molecule has 0 fully saturated rings. The van der Waals surface area contributed by atoms with Gasteiger partial charge in [0.2, 0.25) is 0 Å². The number of aromatic amines is 1. The number of aryl methyl sites for hydroxylation is 1. The molecule has 2 rings (SSSR count). The maximum absolute atomic E-state index is 12.3. The highest BCUT2D eigenvalue weighted by atomic mass is 35.5. The molecule has 0 unspecified atom stereocenters. The van der Waals surface area contributed by atoms with E-state index in [1.54, 1.807) is 20.0 Å². The van der Waals surface area contributed by atoms with Gasteiger partial charge in [0.15, 0.2) is 5.43 Å². The first kappa shape index (κ1) is 14.3. The summed E-state index contributed by atoms with van der Waals surface area (Å²) in [4.78, 5) is 28.4. The molecule has 4 nitrogen and oxygen atoms in total. The van der Waals surface area contributed by atoms with Crippen LogP contribution in [0.5, 0.6) is 0 Å². The zero-order valence-electron chi connectivity index (χ0n) is 11.3. The summed E-state index contributed by atoms with van der Waals surface area (Å²) in [6.07, 6.45) is 1.45. The van der Waals surface area contributed by atoms with Crippen molar-refractivity contribution in [1.82, 2.24) is 9.88 Å². The van der Waals surface area contributed by atoms with Crippen molar-refractivity contribution in [2.75, 3.05) is 7.05 Å². The first-order chi connectivity index (χ1) is 9.49. The van der Waals surface area contributed by atoms with Gasteiger partial charge in [-0.15, -0.1) is 0 Å². The number of hydrogen-bond donors (Lipinski definition) is 1. The molecule has 20 heavy (non-hydrogen) atoms. The topological polar surface area (TPSA) is 53.2 Å². The molecule has 1 heterocycles. The highest BCUT2D eigenvalue weighted by molar-refractivity contribution is 6.31. The van der Waals surface area contributed by atoms with Crippen LogP contribution in [-0.4, -0.2) is 22.8 Å². The number of pyridine rings is 1. The molecular formula is C15H15ClN2O2. The zero-order chi connectivity index (χ0) is 14.7. The molecule has 0 spiro atoms. The normalized spacial score (nSPS) is 10.3.